The lowest BCUT2D eigenvalue weighted by atomic mass is 10.3. The Bertz CT molecular complexity index is 363. The van der Waals surface area contributed by atoms with Crippen molar-refractivity contribution in [1.29, 1.82) is 5.41 Å². The van der Waals surface area contributed by atoms with Crippen LogP contribution in [0.5, 0.6) is 0 Å². The maximum absolute atomic E-state index is 8.04. The molecular formula is C10H12BrN3O. The van der Waals surface area contributed by atoms with Gasteiger partial charge in [-0.15, -0.1) is 0 Å². The summed E-state index contributed by atoms with van der Waals surface area (Å²) >= 11 is 3.40. The number of amidine groups is 1. The van der Waals surface area contributed by atoms with Crippen LogP contribution >= 0.6 is 15.9 Å². The van der Waals surface area contributed by atoms with Gasteiger partial charge in [0.15, 0.2) is 0 Å². The number of nitrogens with zero attached hydrogens (tertiary/aromatic N) is 2. The van der Waals surface area contributed by atoms with E-state index >= 15 is 0 Å². The molecule has 0 aromatic carbocycles. The molecule has 0 saturated carbocycles. The first-order valence-corrected chi connectivity index (χ1v) is 5.60. The Labute approximate surface area is 96.9 Å². The zero-order valence-corrected chi connectivity index (χ0v) is 9.83. The number of nitrogens with one attached hydrogen (secondary N) is 1. The monoisotopic (exact) mass is 269 g/mol. The molecule has 15 heavy (non-hydrogen) atoms. The molecule has 1 N–H and O–H groups in total. The Morgan fingerprint density at radius 2 is 2.20 bits per heavy atom. The molecule has 2 rings (SSSR count). The first kappa shape index (κ1) is 10.6. The van der Waals surface area contributed by atoms with Crippen molar-refractivity contribution in [3.63, 3.8) is 0 Å². The summed E-state index contributed by atoms with van der Waals surface area (Å²) < 4.78 is 6.11. The molecule has 1 aliphatic heterocycles. The number of aromatic nitrogens is 1. The minimum absolute atomic E-state index is 0.464. The molecular weight excluding hydrogens is 258 g/mol. The maximum Gasteiger partial charge on any atom is 0.148 e. The number of rotatable bonds is 1. The highest BCUT2D eigenvalue weighted by molar-refractivity contribution is 9.10. The highest BCUT2D eigenvalue weighted by Gasteiger charge is 2.17. The summed E-state index contributed by atoms with van der Waals surface area (Å²) in [4.78, 5) is 6.18. The fraction of sp³-hybridized carbons (Fsp3) is 0.400. The summed E-state index contributed by atoms with van der Waals surface area (Å²) in [6.07, 6.45) is 1.70. The highest BCUT2D eigenvalue weighted by Crippen LogP contribution is 2.15. The molecule has 0 bridgehead atoms. The summed E-state index contributed by atoms with van der Waals surface area (Å²) in [6, 6.07) is 3.75. The highest BCUT2D eigenvalue weighted by atomic mass is 79.9. The Hall–Kier alpha value is -0.940. The summed E-state index contributed by atoms with van der Waals surface area (Å²) in [6.45, 7) is 2.91. The van der Waals surface area contributed by atoms with Crippen molar-refractivity contribution < 1.29 is 4.74 Å². The number of ether oxygens (including phenoxy) is 1. The zero-order chi connectivity index (χ0) is 10.7. The molecule has 0 spiro atoms. The van der Waals surface area contributed by atoms with E-state index in [1.165, 1.54) is 0 Å². The first-order chi connectivity index (χ1) is 7.29. The summed E-state index contributed by atoms with van der Waals surface area (Å²) in [5.74, 6) is 0.464. The van der Waals surface area contributed by atoms with Crippen molar-refractivity contribution in [1.82, 2.24) is 9.88 Å². The van der Waals surface area contributed by atoms with Crippen LogP contribution in [0.3, 0.4) is 0 Å². The predicted molar refractivity (Wildman–Crippen MR) is 61.2 cm³/mol. The molecule has 0 atom stereocenters. The van der Waals surface area contributed by atoms with Crippen LogP contribution in [0.15, 0.2) is 22.8 Å². The van der Waals surface area contributed by atoms with Gasteiger partial charge in [0.2, 0.25) is 0 Å². The summed E-state index contributed by atoms with van der Waals surface area (Å²) in [7, 11) is 0. The lowest BCUT2D eigenvalue weighted by molar-refractivity contribution is 0.0679. The summed E-state index contributed by atoms with van der Waals surface area (Å²) in [5.41, 5.74) is 0.694. The Kier molecular flexibility index (Phi) is 3.33. The van der Waals surface area contributed by atoms with Crippen molar-refractivity contribution in [2.45, 2.75) is 0 Å². The average Bonchev–Trinajstić information content (AvgIpc) is 2.30. The van der Waals surface area contributed by atoms with E-state index in [-0.39, 0.29) is 0 Å². The number of hydrogen-bond acceptors (Lipinski definition) is 3. The van der Waals surface area contributed by atoms with Gasteiger partial charge in [-0.3, -0.25) is 10.4 Å². The van der Waals surface area contributed by atoms with Gasteiger partial charge in [-0.05, 0) is 28.1 Å². The molecule has 0 amide bonds. The van der Waals surface area contributed by atoms with Gasteiger partial charge in [0, 0.05) is 23.8 Å². The smallest absolute Gasteiger partial charge is 0.148 e. The number of morpholine rings is 1. The molecule has 4 nitrogen and oxygen atoms in total. The van der Waals surface area contributed by atoms with E-state index in [2.05, 4.69) is 20.9 Å². The molecule has 80 valence electrons. The van der Waals surface area contributed by atoms with Crippen LogP contribution < -0.4 is 0 Å². The number of halogens is 1. The van der Waals surface area contributed by atoms with Crippen LogP contribution in [0.4, 0.5) is 0 Å². The van der Waals surface area contributed by atoms with Gasteiger partial charge in [-0.25, -0.2) is 0 Å². The van der Waals surface area contributed by atoms with Crippen LogP contribution in [0.2, 0.25) is 0 Å². The molecule has 1 fully saturated rings. The molecule has 5 heteroatoms. The Morgan fingerprint density at radius 1 is 1.47 bits per heavy atom. The molecule has 2 heterocycles. The number of pyridine rings is 1. The SMILES string of the molecule is N=C(c1ncccc1Br)N1CCOCC1. The van der Waals surface area contributed by atoms with Gasteiger partial charge in [0.25, 0.3) is 0 Å². The van der Waals surface area contributed by atoms with Gasteiger partial charge in [0.1, 0.15) is 11.5 Å². The van der Waals surface area contributed by atoms with Gasteiger partial charge >= 0.3 is 0 Å². The van der Waals surface area contributed by atoms with Gasteiger partial charge in [-0.2, -0.15) is 0 Å². The van der Waals surface area contributed by atoms with Crippen LogP contribution in [-0.4, -0.2) is 42.0 Å². The molecule has 0 unspecified atom stereocenters. The largest absolute Gasteiger partial charge is 0.378 e. The van der Waals surface area contributed by atoms with Gasteiger partial charge in [-0.1, -0.05) is 0 Å². The van der Waals surface area contributed by atoms with Crippen molar-refractivity contribution >= 4 is 21.8 Å². The van der Waals surface area contributed by atoms with E-state index in [4.69, 9.17) is 10.1 Å². The molecule has 1 saturated heterocycles. The fourth-order valence-corrected chi connectivity index (χ4v) is 1.94. The third-order valence-electron chi connectivity index (χ3n) is 2.31. The second-order valence-electron chi connectivity index (χ2n) is 3.28. The average molecular weight is 270 g/mol. The summed E-state index contributed by atoms with van der Waals surface area (Å²) in [5, 5.41) is 8.04. The maximum atomic E-state index is 8.04. The lowest BCUT2D eigenvalue weighted by Gasteiger charge is -2.28. The van der Waals surface area contributed by atoms with E-state index in [0.29, 0.717) is 24.7 Å². The molecule has 0 radical (unpaired) electrons. The van der Waals surface area contributed by atoms with E-state index in [0.717, 1.165) is 17.6 Å². The Morgan fingerprint density at radius 3 is 2.87 bits per heavy atom. The van der Waals surface area contributed by atoms with Crippen molar-refractivity contribution in [2.24, 2.45) is 0 Å². The van der Waals surface area contributed by atoms with E-state index in [1.54, 1.807) is 6.20 Å². The van der Waals surface area contributed by atoms with Crippen LogP contribution in [-0.2, 0) is 4.74 Å². The Balaban J connectivity index is 2.16. The van der Waals surface area contributed by atoms with Crippen molar-refractivity contribution in [3.05, 3.63) is 28.5 Å². The molecule has 1 aromatic rings. The van der Waals surface area contributed by atoms with Gasteiger partial charge in [0.05, 0.1) is 13.2 Å². The van der Waals surface area contributed by atoms with Crippen LogP contribution in [0, 0.1) is 5.41 Å². The lowest BCUT2D eigenvalue weighted by Crippen LogP contribution is -2.41. The second kappa shape index (κ2) is 4.72. The predicted octanol–water partition coefficient (Wildman–Crippen LogP) is 1.50. The second-order valence-corrected chi connectivity index (χ2v) is 4.14. The zero-order valence-electron chi connectivity index (χ0n) is 8.24. The standard InChI is InChI=1S/C10H12BrN3O/c11-8-2-1-3-13-9(8)10(12)14-4-6-15-7-5-14/h1-3,12H,4-7H2. The van der Waals surface area contributed by atoms with E-state index in [9.17, 15) is 0 Å². The molecule has 1 aromatic heterocycles. The number of hydrogen-bond donors (Lipinski definition) is 1. The van der Waals surface area contributed by atoms with E-state index in [1.807, 2.05) is 17.0 Å². The van der Waals surface area contributed by atoms with Crippen molar-refractivity contribution in [3.8, 4) is 0 Å². The van der Waals surface area contributed by atoms with Crippen molar-refractivity contribution in [2.75, 3.05) is 26.3 Å². The quantitative estimate of drug-likeness (QED) is 0.621. The third-order valence-corrected chi connectivity index (χ3v) is 2.95. The normalized spacial score (nSPS) is 16.5. The minimum Gasteiger partial charge on any atom is -0.378 e. The minimum atomic E-state index is 0.464. The van der Waals surface area contributed by atoms with Crippen LogP contribution in [0.1, 0.15) is 5.69 Å². The fourth-order valence-electron chi connectivity index (χ4n) is 1.50. The molecule has 0 aliphatic carbocycles. The van der Waals surface area contributed by atoms with E-state index < -0.39 is 0 Å². The third kappa shape index (κ3) is 2.35. The van der Waals surface area contributed by atoms with Gasteiger partial charge < -0.3 is 9.64 Å². The molecule has 1 aliphatic rings. The van der Waals surface area contributed by atoms with Crippen LogP contribution in [0.25, 0.3) is 0 Å². The first-order valence-electron chi connectivity index (χ1n) is 4.81. The topological polar surface area (TPSA) is 49.2 Å².